The predicted octanol–water partition coefficient (Wildman–Crippen LogP) is 5.97. The number of hydrogen-bond acceptors (Lipinski definition) is 3. The van der Waals surface area contributed by atoms with Gasteiger partial charge in [-0.3, -0.25) is 4.90 Å². The lowest BCUT2D eigenvalue weighted by Gasteiger charge is -2.25. The second-order valence-corrected chi connectivity index (χ2v) is 9.41. The fourth-order valence-corrected chi connectivity index (χ4v) is 6.12. The van der Waals surface area contributed by atoms with Gasteiger partial charge in [0, 0.05) is 17.9 Å². The molecule has 0 atom stereocenters. The molecule has 1 spiro atoms. The van der Waals surface area contributed by atoms with E-state index >= 15 is 0 Å². The van der Waals surface area contributed by atoms with Crippen molar-refractivity contribution in [1.82, 2.24) is 0 Å². The molecule has 0 aromatic heterocycles. The Labute approximate surface area is 192 Å². The number of rotatable bonds is 3. The number of carbonyl (C=O) groups excluding carboxylic acids is 1. The van der Waals surface area contributed by atoms with Crippen LogP contribution in [-0.4, -0.2) is 30.3 Å². The minimum Gasteiger partial charge on any atom is -0.478 e. The van der Waals surface area contributed by atoms with E-state index in [0.29, 0.717) is 12.2 Å². The summed E-state index contributed by atoms with van der Waals surface area (Å²) in [6.07, 6.45) is 3.88. The van der Waals surface area contributed by atoms with Crippen LogP contribution in [0.5, 0.6) is 0 Å². The topological polar surface area (TPSA) is 66.8 Å². The molecule has 1 N–H and O–H groups in total. The quantitative estimate of drug-likeness (QED) is 0.546. The normalized spacial score (nSPS) is 17.6. The lowest BCUT2D eigenvalue weighted by Crippen LogP contribution is -2.36. The second-order valence-electron chi connectivity index (χ2n) is 9.41. The molecular weight excluding hydrogens is 414 g/mol. The highest BCUT2D eigenvalue weighted by Gasteiger charge is 2.47. The largest absolute Gasteiger partial charge is 0.478 e. The molecule has 33 heavy (non-hydrogen) atoms. The molecule has 2 aliphatic carbocycles. The first-order valence-electron chi connectivity index (χ1n) is 11.6. The Hall–Kier alpha value is -3.60. The van der Waals surface area contributed by atoms with Gasteiger partial charge < -0.3 is 9.84 Å². The van der Waals surface area contributed by atoms with E-state index < -0.39 is 12.1 Å². The smallest absolute Gasteiger partial charge is 0.414 e. The number of carboxylic acids is 1. The van der Waals surface area contributed by atoms with E-state index in [9.17, 15) is 14.7 Å². The molecule has 0 radical (unpaired) electrons. The maximum absolute atomic E-state index is 13.4. The maximum Gasteiger partial charge on any atom is 0.414 e. The summed E-state index contributed by atoms with van der Waals surface area (Å²) in [5.41, 5.74) is 6.61. The zero-order valence-electron chi connectivity index (χ0n) is 18.3. The van der Waals surface area contributed by atoms with E-state index in [4.69, 9.17) is 4.74 Å². The van der Waals surface area contributed by atoms with Crippen LogP contribution < -0.4 is 4.90 Å². The van der Waals surface area contributed by atoms with Gasteiger partial charge >= 0.3 is 12.1 Å². The standard InChI is InChI=1S/C28H25NO4/c30-26(31)18-11-12-24-25(15-18)29(17-28(24)13-5-6-14-28)27(32)33-16-23-21-9-3-1-7-19(21)20-8-2-4-10-22(20)23/h1-4,7-12,15,23H,5-6,13-14,16-17H2,(H,30,31). The lowest BCUT2D eigenvalue weighted by molar-refractivity contribution is 0.0696. The van der Waals surface area contributed by atoms with Gasteiger partial charge in [0.15, 0.2) is 0 Å². The number of benzene rings is 3. The van der Waals surface area contributed by atoms with Crippen molar-refractivity contribution in [2.75, 3.05) is 18.1 Å². The number of hydrogen-bond donors (Lipinski definition) is 1. The van der Waals surface area contributed by atoms with Crippen molar-refractivity contribution in [3.8, 4) is 11.1 Å². The molecule has 166 valence electrons. The van der Waals surface area contributed by atoms with Crippen molar-refractivity contribution in [3.63, 3.8) is 0 Å². The highest BCUT2D eigenvalue weighted by molar-refractivity contribution is 5.95. The predicted molar refractivity (Wildman–Crippen MR) is 126 cm³/mol. The van der Waals surface area contributed by atoms with Crippen LogP contribution in [0.25, 0.3) is 11.1 Å². The number of ether oxygens (including phenoxy) is 1. The summed E-state index contributed by atoms with van der Waals surface area (Å²) in [6.45, 7) is 0.812. The van der Waals surface area contributed by atoms with Gasteiger partial charge in [0.2, 0.25) is 0 Å². The van der Waals surface area contributed by atoms with Crippen LogP contribution in [0, 0.1) is 0 Å². The molecule has 3 aromatic carbocycles. The van der Waals surface area contributed by atoms with Crippen molar-refractivity contribution in [2.45, 2.75) is 37.0 Å². The molecule has 1 amide bonds. The molecule has 1 aliphatic heterocycles. The summed E-state index contributed by atoms with van der Waals surface area (Å²) in [6, 6.07) is 21.7. The van der Waals surface area contributed by atoms with E-state index in [1.807, 2.05) is 30.3 Å². The molecule has 0 saturated heterocycles. The highest BCUT2D eigenvalue weighted by Crippen LogP contribution is 2.51. The zero-order chi connectivity index (χ0) is 22.6. The molecule has 1 fully saturated rings. The van der Waals surface area contributed by atoms with Crippen LogP contribution in [-0.2, 0) is 10.2 Å². The number of anilines is 1. The summed E-state index contributed by atoms with van der Waals surface area (Å²) >= 11 is 0. The summed E-state index contributed by atoms with van der Waals surface area (Å²) in [7, 11) is 0. The molecule has 1 saturated carbocycles. The molecule has 5 nitrogen and oxygen atoms in total. The fourth-order valence-electron chi connectivity index (χ4n) is 6.12. The molecule has 3 aromatic rings. The van der Waals surface area contributed by atoms with Crippen LogP contribution >= 0.6 is 0 Å². The molecule has 0 bridgehead atoms. The van der Waals surface area contributed by atoms with Gasteiger partial charge in [-0.15, -0.1) is 0 Å². The second kappa shape index (κ2) is 7.48. The zero-order valence-corrected chi connectivity index (χ0v) is 18.3. The Morgan fingerprint density at radius 2 is 1.58 bits per heavy atom. The minimum atomic E-state index is -0.988. The van der Waals surface area contributed by atoms with E-state index in [2.05, 4.69) is 24.3 Å². The highest BCUT2D eigenvalue weighted by atomic mass is 16.6. The van der Waals surface area contributed by atoms with Gasteiger partial charge in [0.25, 0.3) is 0 Å². The Morgan fingerprint density at radius 3 is 2.21 bits per heavy atom. The lowest BCUT2D eigenvalue weighted by atomic mass is 9.80. The maximum atomic E-state index is 13.4. The SMILES string of the molecule is O=C(O)c1ccc2c(c1)N(C(=O)OCC1c3ccccc3-c3ccccc31)CC21CCCC1. The number of carboxylic acid groups (broad SMARTS) is 1. The Bertz CT molecular complexity index is 1230. The van der Waals surface area contributed by atoms with Gasteiger partial charge in [-0.2, -0.15) is 0 Å². The van der Waals surface area contributed by atoms with E-state index in [1.54, 1.807) is 17.0 Å². The number of aromatic carboxylic acids is 1. The van der Waals surface area contributed by atoms with Gasteiger partial charge in [0.1, 0.15) is 6.61 Å². The number of nitrogens with zero attached hydrogens (tertiary/aromatic N) is 1. The third kappa shape index (κ3) is 3.06. The summed E-state index contributed by atoms with van der Waals surface area (Å²) in [4.78, 5) is 26.6. The summed E-state index contributed by atoms with van der Waals surface area (Å²) < 4.78 is 5.92. The van der Waals surface area contributed by atoms with Gasteiger partial charge in [-0.1, -0.05) is 67.4 Å². The number of fused-ring (bicyclic) bond motifs is 5. The van der Waals surface area contributed by atoms with E-state index in [-0.39, 0.29) is 23.5 Å². The van der Waals surface area contributed by atoms with Gasteiger partial charge in [-0.05, 0) is 52.8 Å². The molecule has 6 rings (SSSR count). The Morgan fingerprint density at radius 1 is 0.939 bits per heavy atom. The third-order valence-corrected chi connectivity index (χ3v) is 7.68. The average molecular weight is 440 g/mol. The van der Waals surface area contributed by atoms with Crippen molar-refractivity contribution in [3.05, 3.63) is 89.0 Å². The Balaban J connectivity index is 1.29. The molecular formula is C28H25NO4. The van der Waals surface area contributed by atoms with Crippen LogP contribution in [0.1, 0.15) is 58.6 Å². The third-order valence-electron chi connectivity index (χ3n) is 7.68. The summed E-state index contributed by atoms with van der Waals surface area (Å²) in [5.74, 6) is -0.994. The Kier molecular flexibility index (Phi) is 4.54. The van der Waals surface area contributed by atoms with Crippen LogP contribution in [0.3, 0.4) is 0 Å². The van der Waals surface area contributed by atoms with Crippen molar-refractivity contribution < 1.29 is 19.4 Å². The van der Waals surface area contributed by atoms with Gasteiger partial charge in [-0.25, -0.2) is 9.59 Å². The van der Waals surface area contributed by atoms with Crippen molar-refractivity contribution in [2.24, 2.45) is 0 Å². The molecule has 0 unspecified atom stereocenters. The van der Waals surface area contributed by atoms with Crippen LogP contribution in [0.15, 0.2) is 66.7 Å². The first-order chi connectivity index (χ1) is 16.1. The summed E-state index contributed by atoms with van der Waals surface area (Å²) in [5, 5.41) is 9.50. The number of carbonyl (C=O) groups is 2. The van der Waals surface area contributed by atoms with Crippen molar-refractivity contribution >= 4 is 17.7 Å². The van der Waals surface area contributed by atoms with E-state index in [1.165, 1.54) is 22.3 Å². The van der Waals surface area contributed by atoms with Crippen molar-refractivity contribution in [1.29, 1.82) is 0 Å². The molecule has 5 heteroatoms. The van der Waals surface area contributed by atoms with E-state index in [0.717, 1.165) is 31.2 Å². The fraction of sp³-hybridized carbons (Fsp3) is 0.286. The molecule has 3 aliphatic rings. The molecule has 1 heterocycles. The van der Waals surface area contributed by atoms with Crippen LogP contribution in [0.4, 0.5) is 10.5 Å². The van der Waals surface area contributed by atoms with Crippen LogP contribution in [0.2, 0.25) is 0 Å². The first-order valence-corrected chi connectivity index (χ1v) is 11.6. The first kappa shape index (κ1) is 20.0. The van der Waals surface area contributed by atoms with Gasteiger partial charge in [0.05, 0.1) is 11.3 Å². The minimum absolute atomic E-state index is 0.00535. The monoisotopic (exact) mass is 439 g/mol. The average Bonchev–Trinajstić information content (AvgIpc) is 3.53. The number of amides is 1.